The van der Waals surface area contributed by atoms with E-state index in [-0.39, 0.29) is 5.91 Å². The molecule has 7 aromatic rings. The monoisotopic (exact) mass is 465 g/mol. The van der Waals surface area contributed by atoms with E-state index in [1.165, 1.54) is 37.9 Å². The summed E-state index contributed by atoms with van der Waals surface area (Å²) in [5.74, 6) is 0.0149. The van der Waals surface area contributed by atoms with Gasteiger partial charge in [-0.3, -0.25) is 14.8 Å². The van der Waals surface area contributed by atoms with E-state index in [0.717, 1.165) is 40.3 Å². The molecule has 4 heteroatoms. The van der Waals surface area contributed by atoms with E-state index in [1.807, 2.05) is 30.3 Å². The summed E-state index contributed by atoms with van der Waals surface area (Å²) in [5, 5.41) is 12.8. The predicted molar refractivity (Wildman–Crippen MR) is 149 cm³/mol. The largest absolute Gasteiger partial charge is 0.325 e. The van der Waals surface area contributed by atoms with Crippen LogP contribution in [0.5, 0.6) is 0 Å². The van der Waals surface area contributed by atoms with E-state index in [1.54, 1.807) is 12.4 Å². The molecule has 1 N–H and O–H groups in total. The number of aryl methyl sites for hydroxylation is 1. The lowest BCUT2D eigenvalue weighted by Gasteiger charge is -2.14. The lowest BCUT2D eigenvalue weighted by molar-refractivity contribution is -0.116. The minimum Gasteiger partial charge on any atom is -0.325 e. The molecule has 172 valence electrons. The Bertz CT molecular complexity index is 1910. The number of aromatic nitrogens is 2. The van der Waals surface area contributed by atoms with Gasteiger partial charge in [-0.05, 0) is 75.0 Å². The number of rotatable bonds is 5. The fourth-order valence-electron chi connectivity index (χ4n) is 5.55. The Balaban J connectivity index is 1.14. The van der Waals surface area contributed by atoms with Gasteiger partial charge in [0.2, 0.25) is 5.91 Å². The number of nitrogens with one attached hydrogen (secondary N) is 1. The number of fused-ring (bicyclic) bond motifs is 3. The van der Waals surface area contributed by atoms with Crippen molar-refractivity contribution >= 4 is 65.7 Å². The molecule has 1 amide bonds. The minimum atomic E-state index is 0.0149. The van der Waals surface area contributed by atoms with Crippen LogP contribution in [-0.4, -0.2) is 15.9 Å². The van der Waals surface area contributed by atoms with Crippen LogP contribution in [0.2, 0.25) is 0 Å². The Hall–Kier alpha value is -4.57. The summed E-state index contributed by atoms with van der Waals surface area (Å²) in [5.41, 5.74) is 3.73. The number of hydrogen-bond acceptors (Lipinski definition) is 3. The maximum atomic E-state index is 13.0. The van der Waals surface area contributed by atoms with Crippen molar-refractivity contribution in [2.75, 3.05) is 5.32 Å². The first kappa shape index (κ1) is 20.8. The Labute approximate surface area is 207 Å². The van der Waals surface area contributed by atoms with Gasteiger partial charge in [0, 0.05) is 29.6 Å². The van der Waals surface area contributed by atoms with Gasteiger partial charge < -0.3 is 5.32 Å². The van der Waals surface area contributed by atoms with Crippen LogP contribution in [0.4, 0.5) is 5.69 Å². The molecule has 0 bridgehead atoms. The topological polar surface area (TPSA) is 54.9 Å². The highest BCUT2D eigenvalue weighted by molar-refractivity contribution is 6.23. The van der Waals surface area contributed by atoms with Crippen molar-refractivity contribution in [1.29, 1.82) is 0 Å². The average molecular weight is 466 g/mol. The molecule has 7 rings (SSSR count). The molecule has 0 aliphatic heterocycles. The number of carbonyl (C=O) groups excluding carboxylic acids is 1. The summed E-state index contributed by atoms with van der Waals surface area (Å²) in [4.78, 5) is 22.0. The maximum absolute atomic E-state index is 13.0. The molecule has 0 saturated heterocycles. The van der Waals surface area contributed by atoms with Crippen LogP contribution in [-0.2, 0) is 11.2 Å². The van der Waals surface area contributed by atoms with Crippen molar-refractivity contribution in [1.82, 2.24) is 9.97 Å². The van der Waals surface area contributed by atoms with Gasteiger partial charge in [-0.15, -0.1) is 0 Å². The summed E-state index contributed by atoms with van der Waals surface area (Å²) in [6, 6.07) is 29.5. The smallest absolute Gasteiger partial charge is 0.224 e. The van der Waals surface area contributed by atoms with Crippen molar-refractivity contribution in [3.05, 3.63) is 103 Å². The Morgan fingerprint density at radius 2 is 1.36 bits per heavy atom. The lowest BCUT2D eigenvalue weighted by Crippen LogP contribution is -2.12. The van der Waals surface area contributed by atoms with Crippen molar-refractivity contribution in [3.8, 4) is 0 Å². The van der Waals surface area contributed by atoms with Gasteiger partial charge in [0.05, 0.1) is 16.7 Å². The fourth-order valence-corrected chi connectivity index (χ4v) is 5.55. The number of carbonyl (C=O) groups is 1. The zero-order valence-electron chi connectivity index (χ0n) is 19.7. The van der Waals surface area contributed by atoms with E-state index in [0.29, 0.717) is 6.42 Å². The quantitative estimate of drug-likeness (QED) is 0.266. The number of hydrogen-bond donors (Lipinski definition) is 1. The zero-order chi connectivity index (χ0) is 24.1. The number of pyridine rings is 2. The van der Waals surface area contributed by atoms with Gasteiger partial charge in [-0.1, -0.05) is 60.7 Å². The maximum Gasteiger partial charge on any atom is 0.224 e. The second kappa shape index (κ2) is 8.28. The predicted octanol–water partition coefficient (Wildman–Crippen LogP) is 7.64. The molecule has 4 nitrogen and oxygen atoms in total. The van der Waals surface area contributed by atoms with Crippen LogP contribution >= 0.6 is 0 Å². The zero-order valence-corrected chi connectivity index (χ0v) is 19.7. The molecular weight excluding hydrogens is 442 g/mol. The van der Waals surface area contributed by atoms with E-state index in [9.17, 15) is 4.79 Å². The molecule has 0 radical (unpaired) electrons. The number of nitrogens with zero attached hydrogens (tertiary/aromatic N) is 2. The standard InChI is InChI=1S/C32H23N3O/c36-28(35-27-19-24-8-3-17-33-31(24)32-26(27)9-4-18-34-32)10-2-5-20-11-12-23-14-13-21-6-1-7-22-15-16-25(20)30(23)29(21)22/h1,3-4,6-9,11-19H,2,5,10H2,(H,35,36). The summed E-state index contributed by atoms with van der Waals surface area (Å²) in [6.45, 7) is 0. The third-order valence-electron chi connectivity index (χ3n) is 7.20. The van der Waals surface area contributed by atoms with Crippen molar-refractivity contribution in [2.24, 2.45) is 0 Å². The molecule has 0 fully saturated rings. The summed E-state index contributed by atoms with van der Waals surface area (Å²) < 4.78 is 0. The Kier molecular flexibility index (Phi) is 4.78. The van der Waals surface area contributed by atoms with Gasteiger partial charge in [-0.2, -0.15) is 0 Å². The van der Waals surface area contributed by atoms with Crippen LogP contribution in [0, 0.1) is 0 Å². The average Bonchev–Trinajstić information content (AvgIpc) is 2.92. The van der Waals surface area contributed by atoms with Crippen molar-refractivity contribution in [2.45, 2.75) is 19.3 Å². The van der Waals surface area contributed by atoms with Gasteiger partial charge in [0.1, 0.15) is 0 Å². The van der Waals surface area contributed by atoms with Crippen LogP contribution < -0.4 is 5.32 Å². The molecule has 0 atom stereocenters. The third-order valence-corrected chi connectivity index (χ3v) is 7.20. The van der Waals surface area contributed by atoms with Crippen molar-refractivity contribution in [3.63, 3.8) is 0 Å². The fraction of sp³-hybridized carbons (Fsp3) is 0.0938. The normalized spacial score (nSPS) is 11.8. The van der Waals surface area contributed by atoms with Gasteiger partial charge in [0.15, 0.2) is 0 Å². The minimum absolute atomic E-state index is 0.0149. The second-order valence-corrected chi connectivity index (χ2v) is 9.38. The molecule has 0 saturated carbocycles. The van der Waals surface area contributed by atoms with E-state index in [2.05, 4.69) is 69.9 Å². The molecule has 2 heterocycles. The molecule has 2 aromatic heterocycles. The van der Waals surface area contributed by atoms with E-state index in [4.69, 9.17) is 0 Å². The van der Waals surface area contributed by atoms with E-state index >= 15 is 0 Å². The molecular formula is C32H23N3O. The summed E-state index contributed by atoms with van der Waals surface area (Å²) in [6.07, 6.45) is 5.62. The first-order chi connectivity index (χ1) is 17.8. The molecule has 0 unspecified atom stereocenters. The lowest BCUT2D eigenvalue weighted by atomic mass is 9.90. The van der Waals surface area contributed by atoms with Gasteiger partial charge >= 0.3 is 0 Å². The second-order valence-electron chi connectivity index (χ2n) is 9.38. The molecule has 0 aliphatic carbocycles. The highest BCUT2D eigenvalue weighted by atomic mass is 16.1. The molecule has 0 spiro atoms. The molecule has 5 aromatic carbocycles. The first-order valence-corrected chi connectivity index (χ1v) is 12.3. The number of benzene rings is 5. The summed E-state index contributed by atoms with van der Waals surface area (Å²) >= 11 is 0. The highest BCUT2D eigenvalue weighted by Crippen LogP contribution is 2.36. The summed E-state index contributed by atoms with van der Waals surface area (Å²) in [7, 11) is 0. The van der Waals surface area contributed by atoms with Crippen LogP contribution in [0.1, 0.15) is 18.4 Å². The number of amides is 1. The SMILES string of the molecule is O=C(CCCc1ccc2ccc3cccc4ccc1c2c34)Nc1cc2cccnc2c2ncccc12. The van der Waals surface area contributed by atoms with Gasteiger partial charge in [0.25, 0.3) is 0 Å². The Morgan fingerprint density at radius 3 is 2.22 bits per heavy atom. The highest BCUT2D eigenvalue weighted by Gasteiger charge is 2.13. The molecule has 0 aliphatic rings. The van der Waals surface area contributed by atoms with Crippen molar-refractivity contribution < 1.29 is 4.79 Å². The molecule has 36 heavy (non-hydrogen) atoms. The van der Waals surface area contributed by atoms with E-state index < -0.39 is 0 Å². The third kappa shape index (κ3) is 3.34. The van der Waals surface area contributed by atoms with Gasteiger partial charge in [-0.25, -0.2) is 0 Å². The number of anilines is 1. The Morgan fingerprint density at radius 1 is 0.667 bits per heavy atom. The van der Waals surface area contributed by atoms with Crippen LogP contribution in [0.25, 0.3) is 54.1 Å². The van der Waals surface area contributed by atoms with Crippen LogP contribution in [0.15, 0.2) is 97.3 Å². The first-order valence-electron chi connectivity index (χ1n) is 12.3. The van der Waals surface area contributed by atoms with Crippen LogP contribution in [0.3, 0.4) is 0 Å².